The van der Waals surface area contributed by atoms with Gasteiger partial charge in [-0.2, -0.15) is 0 Å². The molecule has 154 valence electrons. The van der Waals surface area contributed by atoms with Crippen LogP contribution in [0.25, 0.3) is 11.3 Å². The standard InChI is InChI=1S/C21H24N2O6.Na/c1-11(2)29-21(27)22-17-7-12(3)23(13(4)24)18-6-5-14(8-16(17)18)19-9-15(10-28-19)20(25)26;/h5-6,8-12,17H,7H2,1-4H3,(H,22,27)(H,25,26);/q;+1/p-1/t12-,17+;/m0./s1. The van der Waals surface area contributed by atoms with Gasteiger partial charge in [0, 0.05) is 29.8 Å². The van der Waals surface area contributed by atoms with Crippen molar-refractivity contribution in [3.8, 4) is 11.3 Å². The van der Waals surface area contributed by atoms with Crippen LogP contribution in [0.5, 0.6) is 0 Å². The maximum Gasteiger partial charge on any atom is 1.00 e. The molecule has 0 saturated carbocycles. The number of rotatable bonds is 4. The van der Waals surface area contributed by atoms with E-state index in [1.807, 2.05) is 6.92 Å². The molecule has 0 bridgehead atoms. The molecule has 1 aliphatic heterocycles. The molecule has 30 heavy (non-hydrogen) atoms. The zero-order valence-electron chi connectivity index (χ0n) is 17.7. The number of nitrogens with zero attached hydrogens (tertiary/aromatic N) is 1. The quantitative estimate of drug-likeness (QED) is 0.674. The van der Waals surface area contributed by atoms with Crippen molar-refractivity contribution in [1.82, 2.24) is 5.32 Å². The monoisotopic (exact) mass is 422 g/mol. The molecule has 0 aliphatic carbocycles. The Morgan fingerprint density at radius 2 is 1.97 bits per heavy atom. The predicted octanol–water partition coefficient (Wildman–Crippen LogP) is -0.365. The summed E-state index contributed by atoms with van der Waals surface area (Å²) in [4.78, 5) is 37.1. The number of hydrogen-bond donors (Lipinski definition) is 1. The first-order valence-electron chi connectivity index (χ1n) is 9.38. The minimum absolute atomic E-state index is 0. The van der Waals surface area contributed by atoms with Crippen LogP contribution in [-0.4, -0.2) is 30.1 Å². The molecule has 2 amide bonds. The van der Waals surface area contributed by atoms with Gasteiger partial charge in [-0.25, -0.2) is 4.79 Å². The van der Waals surface area contributed by atoms with Crippen LogP contribution in [0.4, 0.5) is 10.5 Å². The van der Waals surface area contributed by atoms with E-state index in [1.165, 1.54) is 13.0 Å². The number of amides is 2. The van der Waals surface area contributed by atoms with Crippen LogP contribution in [0.3, 0.4) is 0 Å². The van der Waals surface area contributed by atoms with E-state index in [4.69, 9.17) is 9.15 Å². The van der Waals surface area contributed by atoms with Gasteiger partial charge in [-0.1, -0.05) is 0 Å². The van der Waals surface area contributed by atoms with Crippen LogP contribution < -0.4 is 44.9 Å². The van der Waals surface area contributed by atoms with E-state index < -0.39 is 12.1 Å². The number of fused-ring (bicyclic) bond motifs is 1. The maximum atomic E-state index is 12.2. The molecule has 1 aromatic heterocycles. The number of anilines is 1. The van der Waals surface area contributed by atoms with Crippen molar-refractivity contribution < 1.29 is 58.2 Å². The first-order chi connectivity index (χ1) is 13.7. The summed E-state index contributed by atoms with van der Waals surface area (Å²) in [5.41, 5.74) is 1.97. The molecule has 2 heterocycles. The van der Waals surface area contributed by atoms with Gasteiger partial charge in [0.15, 0.2) is 0 Å². The number of carbonyl (C=O) groups excluding carboxylic acids is 3. The normalized spacial score (nSPS) is 17.7. The molecule has 0 saturated heterocycles. The molecule has 1 aliphatic rings. The van der Waals surface area contributed by atoms with Crippen molar-refractivity contribution in [1.29, 1.82) is 0 Å². The fourth-order valence-corrected chi connectivity index (χ4v) is 3.62. The average Bonchev–Trinajstić information content (AvgIpc) is 3.10. The third-order valence-corrected chi connectivity index (χ3v) is 4.77. The van der Waals surface area contributed by atoms with Gasteiger partial charge in [-0.3, -0.25) is 4.79 Å². The topological polar surface area (TPSA) is 112 Å². The molecule has 2 atom stereocenters. The van der Waals surface area contributed by atoms with Gasteiger partial charge < -0.3 is 29.3 Å². The SMILES string of the molecule is CC(=O)N1c2ccc(-c3cc(C(=O)[O-])co3)cc2[C@H](NC(=O)OC(C)C)C[C@@H]1C.[Na+]. The first-order valence-corrected chi connectivity index (χ1v) is 9.38. The second-order valence-electron chi connectivity index (χ2n) is 7.39. The van der Waals surface area contributed by atoms with Gasteiger partial charge >= 0.3 is 35.7 Å². The number of carboxylic acids is 1. The minimum Gasteiger partial charge on any atom is -0.545 e. The summed E-state index contributed by atoms with van der Waals surface area (Å²) in [6.07, 6.45) is 0.818. The van der Waals surface area contributed by atoms with Crippen LogP contribution in [0, 0.1) is 0 Å². The molecule has 0 fully saturated rings. The zero-order chi connectivity index (χ0) is 21.3. The Hall–Kier alpha value is -2.29. The Bertz CT molecular complexity index is 955. The summed E-state index contributed by atoms with van der Waals surface area (Å²) in [6, 6.07) is 6.18. The van der Waals surface area contributed by atoms with E-state index in [1.54, 1.807) is 36.9 Å². The molecule has 3 rings (SSSR count). The Morgan fingerprint density at radius 1 is 1.27 bits per heavy atom. The van der Waals surface area contributed by atoms with Crippen molar-refractivity contribution >= 4 is 23.7 Å². The number of hydrogen-bond acceptors (Lipinski definition) is 6. The van der Waals surface area contributed by atoms with Gasteiger partial charge in [-0.15, -0.1) is 0 Å². The number of aromatic carboxylic acids is 1. The van der Waals surface area contributed by atoms with Gasteiger partial charge in [0.1, 0.15) is 12.0 Å². The minimum atomic E-state index is -1.33. The van der Waals surface area contributed by atoms with Crippen LogP contribution in [0.2, 0.25) is 0 Å². The van der Waals surface area contributed by atoms with Gasteiger partial charge in [-0.05, 0) is 57.0 Å². The third-order valence-electron chi connectivity index (χ3n) is 4.77. The Labute approximate surface area is 196 Å². The molecule has 1 aromatic carbocycles. The second kappa shape index (κ2) is 9.68. The van der Waals surface area contributed by atoms with Gasteiger partial charge in [0.2, 0.25) is 5.91 Å². The predicted molar refractivity (Wildman–Crippen MR) is 103 cm³/mol. The summed E-state index contributed by atoms with van der Waals surface area (Å²) < 4.78 is 10.6. The van der Waals surface area contributed by atoms with Crippen molar-refractivity contribution in [3.05, 3.63) is 41.7 Å². The number of nitrogens with one attached hydrogen (secondary N) is 1. The largest absolute Gasteiger partial charge is 1.00 e. The summed E-state index contributed by atoms with van der Waals surface area (Å²) in [7, 11) is 0. The Balaban J connectivity index is 0.00000320. The van der Waals surface area contributed by atoms with Crippen molar-refractivity contribution in [2.75, 3.05) is 4.90 Å². The smallest absolute Gasteiger partial charge is 0.545 e. The van der Waals surface area contributed by atoms with E-state index in [-0.39, 0.29) is 59.2 Å². The van der Waals surface area contributed by atoms with E-state index in [9.17, 15) is 19.5 Å². The van der Waals surface area contributed by atoms with E-state index in [0.29, 0.717) is 23.4 Å². The third kappa shape index (κ3) is 5.06. The summed E-state index contributed by atoms with van der Waals surface area (Å²) in [6.45, 7) is 6.93. The Morgan fingerprint density at radius 3 is 2.53 bits per heavy atom. The number of ether oxygens (including phenoxy) is 1. The van der Waals surface area contributed by atoms with Crippen molar-refractivity contribution in [2.24, 2.45) is 0 Å². The van der Waals surface area contributed by atoms with E-state index in [0.717, 1.165) is 11.8 Å². The Kier molecular flexibility index (Phi) is 7.74. The van der Waals surface area contributed by atoms with E-state index in [2.05, 4.69) is 5.32 Å². The van der Waals surface area contributed by atoms with Crippen molar-refractivity contribution in [3.63, 3.8) is 0 Å². The number of benzene rings is 1. The molecule has 0 spiro atoms. The number of alkyl carbamates (subject to hydrolysis) is 1. The second-order valence-corrected chi connectivity index (χ2v) is 7.39. The van der Waals surface area contributed by atoms with Crippen LogP contribution in [-0.2, 0) is 9.53 Å². The fourth-order valence-electron chi connectivity index (χ4n) is 3.62. The number of carbonyl (C=O) groups is 3. The van der Waals surface area contributed by atoms with Crippen LogP contribution >= 0.6 is 0 Å². The average molecular weight is 422 g/mol. The molecular formula is C21H23N2NaO6. The van der Waals surface area contributed by atoms with Gasteiger partial charge in [0.05, 0.1) is 18.1 Å². The molecule has 9 heteroatoms. The molecular weight excluding hydrogens is 399 g/mol. The molecule has 1 N–H and O–H groups in total. The molecule has 2 aromatic rings. The fraction of sp³-hybridized carbons (Fsp3) is 0.381. The van der Waals surface area contributed by atoms with Gasteiger partial charge in [0.25, 0.3) is 0 Å². The molecule has 0 unspecified atom stereocenters. The number of carboxylic acid groups (broad SMARTS) is 1. The maximum absolute atomic E-state index is 12.2. The number of furan rings is 1. The van der Waals surface area contributed by atoms with Crippen LogP contribution in [0.1, 0.15) is 56.1 Å². The molecule has 8 nitrogen and oxygen atoms in total. The zero-order valence-corrected chi connectivity index (χ0v) is 19.7. The first kappa shape index (κ1) is 24.0. The molecule has 0 radical (unpaired) electrons. The summed E-state index contributed by atoms with van der Waals surface area (Å²) in [5.74, 6) is -1.08. The van der Waals surface area contributed by atoms with Crippen LogP contribution in [0.15, 0.2) is 34.9 Å². The van der Waals surface area contributed by atoms with Crippen molar-refractivity contribution in [2.45, 2.75) is 52.3 Å². The summed E-state index contributed by atoms with van der Waals surface area (Å²) in [5, 5.41) is 13.9. The summed E-state index contributed by atoms with van der Waals surface area (Å²) >= 11 is 0. The van der Waals surface area contributed by atoms with E-state index >= 15 is 0 Å².